The molecule has 0 bridgehead atoms. The Labute approximate surface area is 80.9 Å². The molecular weight excluding hydrogens is 162 g/mol. The van der Waals surface area contributed by atoms with Crippen molar-refractivity contribution in [2.45, 2.75) is 20.3 Å². The van der Waals surface area contributed by atoms with Crippen LogP contribution in [0.5, 0.6) is 0 Å². The third-order valence-corrected chi connectivity index (χ3v) is 2.22. The van der Waals surface area contributed by atoms with Gasteiger partial charge in [0.1, 0.15) is 0 Å². The Morgan fingerprint density at radius 1 is 1.38 bits per heavy atom. The van der Waals surface area contributed by atoms with Gasteiger partial charge in [-0.1, -0.05) is 19.1 Å². The lowest BCUT2D eigenvalue weighted by Crippen LogP contribution is -2.34. The van der Waals surface area contributed by atoms with Crippen molar-refractivity contribution in [3.8, 4) is 0 Å². The van der Waals surface area contributed by atoms with Gasteiger partial charge >= 0.3 is 0 Å². The minimum absolute atomic E-state index is 0.864. The Hall–Kier alpha value is -0.760. The van der Waals surface area contributed by atoms with E-state index in [1.54, 1.807) is 0 Å². The molecule has 1 aliphatic rings. The third-order valence-electron chi connectivity index (χ3n) is 2.22. The van der Waals surface area contributed by atoms with Gasteiger partial charge in [0.05, 0.1) is 13.2 Å². The van der Waals surface area contributed by atoms with Gasteiger partial charge in [-0.05, 0) is 19.4 Å². The Morgan fingerprint density at radius 2 is 2.08 bits per heavy atom. The maximum Gasteiger partial charge on any atom is 0.0642 e. The molecule has 0 amide bonds. The van der Waals surface area contributed by atoms with E-state index in [1.165, 1.54) is 5.70 Å². The second kappa shape index (κ2) is 5.81. The summed E-state index contributed by atoms with van der Waals surface area (Å²) in [6.45, 7) is 8.09. The highest BCUT2D eigenvalue weighted by Gasteiger charge is 2.08. The summed E-state index contributed by atoms with van der Waals surface area (Å²) in [7, 11) is 0. The molecule has 0 aliphatic carbocycles. The van der Waals surface area contributed by atoms with Crippen molar-refractivity contribution in [2.24, 2.45) is 0 Å². The lowest BCUT2D eigenvalue weighted by molar-refractivity contribution is 0.0537. The first-order valence-electron chi connectivity index (χ1n) is 5.00. The van der Waals surface area contributed by atoms with Gasteiger partial charge < -0.3 is 9.64 Å². The first-order valence-corrected chi connectivity index (χ1v) is 5.00. The lowest BCUT2D eigenvalue weighted by Gasteiger charge is -2.29. The normalized spacial score (nSPS) is 19.8. The molecule has 1 aliphatic heterocycles. The maximum atomic E-state index is 5.29. The van der Waals surface area contributed by atoms with E-state index >= 15 is 0 Å². The summed E-state index contributed by atoms with van der Waals surface area (Å²) in [6.07, 6.45) is 7.58. The molecule has 0 aromatic carbocycles. The molecule has 1 heterocycles. The summed E-state index contributed by atoms with van der Waals surface area (Å²) < 4.78 is 5.29. The van der Waals surface area contributed by atoms with Gasteiger partial charge in [0.2, 0.25) is 0 Å². The fourth-order valence-corrected chi connectivity index (χ4v) is 1.36. The fourth-order valence-electron chi connectivity index (χ4n) is 1.36. The zero-order valence-electron chi connectivity index (χ0n) is 8.62. The van der Waals surface area contributed by atoms with E-state index in [0.29, 0.717) is 0 Å². The van der Waals surface area contributed by atoms with Crippen molar-refractivity contribution in [1.82, 2.24) is 4.90 Å². The van der Waals surface area contributed by atoms with Crippen LogP contribution in [0.1, 0.15) is 20.3 Å². The third kappa shape index (κ3) is 3.64. The van der Waals surface area contributed by atoms with Crippen LogP contribution in [0.15, 0.2) is 23.9 Å². The summed E-state index contributed by atoms with van der Waals surface area (Å²) in [5.41, 5.74) is 1.34. The van der Waals surface area contributed by atoms with E-state index in [2.05, 4.69) is 37.0 Å². The first-order chi connectivity index (χ1) is 6.34. The minimum Gasteiger partial charge on any atom is -0.378 e. The quantitative estimate of drug-likeness (QED) is 0.619. The summed E-state index contributed by atoms with van der Waals surface area (Å²) in [5.74, 6) is 0. The second-order valence-corrected chi connectivity index (χ2v) is 3.24. The molecule has 2 nitrogen and oxygen atoms in total. The maximum absolute atomic E-state index is 5.29. The Bertz CT molecular complexity index is 190. The molecule has 0 spiro atoms. The Kier molecular flexibility index (Phi) is 4.61. The number of rotatable bonds is 3. The van der Waals surface area contributed by atoms with Gasteiger partial charge in [-0.2, -0.15) is 0 Å². The molecule has 0 unspecified atom stereocenters. The smallest absolute Gasteiger partial charge is 0.0642 e. The predicted molar refractivity (Wildman–Crippen MR) is 55.6 cm³/mol. The van der Waals surface area contributed by atoms with Crippen molar-refractivity contribution in [3.63, 3.8) is 0 Å². The van der Waals surface area contributed by atoms with Gasteiger partial charge in [0, 0.05) is 18.8 Å². The molecular formula is C11H19NO. The monoisotopic (exact) mass is 181 g/mol. The molecule has 74 valence electrons. The van der Waals surface area contributed by atoms with Crippen LogP contribution in [0.4, 0.5) is 0 Å². The van der Waals surface area contributed by atoms with Gasteiger partial charge in [-0.3, -0.25) is 0 Å². The average molecular weight is 181 g/mol. The number of ether oxygens (including phenoxy) is 1. The number of nitrogens with zero attached hydrogens (tertiary/aromatic N) is 1. The number of hydrogen-bond donors (Lipinski definition) is 0. The van der Waals surface area contributed by atoms with Crippen LogP contribution >= 0.6 is 0 Å². The molecule has 0 aromatic rings. The molecule has 0 aromatic heterocycles. The van der Waals surface area contributed by atoms with Crippen LogP contribution in [-0.2, 0) is 4.74 Å². The molecule has 13 heavy (non-hydrogen) atoms. The van der Waals surface area contributed by atoms with Gasteiger partial charge in [0.25, 0.3) is 0 Å². The largest absolute Gasteiger partial charge is 0.378 e. The standard InChI is InChI=1S/C11H19NO/c1-3-4-5-6-11(2)12-7-9-13-10-8-12/h4-6H,3,7-10H2,1-2H3/b5-4-,11-6+. The van der Waals surface area contributed by atoms with Crippen molar-refractivity contribution >= 4 is 0 Å². The second-order valence-electron chi connectivity index (χ2n) is 3.24. The number of morpholine rings is 1. The summed E-state index contributed by atoms with van der Waals surface area (Å²) in [4.78, 5) is 2.36. The van der Waals surface area contributed by atoms with E-state index < -0.39 is 0 Å². The van der Waals surface area contributed by atoms with Gasteiger partial charge in [0.15, 0.2) is 0 Å². The van der Waals surface area contributed by atoms with E-state index in [9.17, 15) is 0 Å². The average Bonchev–Trinajstić information content (AvgIpc) is 2.19. The zero-order chi connectivity index (χ0) is 9.52. The molecule has 0 saturated carbocycles. The van der Waals surface area contributed by atoms with Crippen LogP contribution in [0, 0.1) is 0 Å². The zero-order valence-corrected chi connectivity index (χ0v) is 8.62. The summed E-state index contributed by atoms with van der Waals surface area (Å²) in [6, 6.07) is 0. The first kappa shape index (κ1) is 10.3. The summed E-state index contributed by atoms with van der Waals surface area (Å²) in [5, 5.41) is 0. The molecule has 0 radical (unpaired) electrons. The van der Waals surface area contributed by atoms with Crippen LogP contribution in [-0.4, -0.2) is 31.2 Å². The van der Waals surface area contributed by atoms with E-state index in [-0.39, 0.29) is 0 Å². The Morgan fingerprint density at radius 3 is 2.69 bits per heavy atom. The highest BCUT2D eigenvalue weighted by atomic mass is 16.5. The van der Waals surface area contributed by atoms with Gasteiger partial charge in [-0.25, -0.2) is 0 Å². The molecule has 2 heteroatoms. The number of hydrogen-bond acceptors (Lipinski definition) is 2. The van der Waals surface area contributed by atoms with Crippen LogP contribution < -0.4 is 0 Å². The number of allylic oxidation sites excluding steroid dienone is 4. The lowest BCUT2D eigenvalue weighted by atomic mass is 10.3. The van der Waals surface area contributed by atoms with E-state index in [0.717, 1.165) is 32.7 Å². The minimum atomic E-state index is 0.864. The van der Waals surface area contributed by atoms with Gasteiger partial charge in [-0.15, -0.1) is 0 Å². The molecule has 0 atom stereocenters. The van der Waals surface area contributed by atoms with Crippen molar-refractivity contribution < 1.29 is 4.74 Å². The fraction of sp³-hybridized carbons (Fsp3) is 0.636. The van der Waals surface area contributed by atoms with Crippen LogP contribution in [0.2, 0.25) is 0 Å². The predicted octanol–water partition coefficient (Wildman–Crippen LogP) is 2.19. The molecule has 1 rings (SSSR count). The van der Waals surface area contributed by atoms with E-state index in [1.807, 2.05) is 0 Å². The molecule has 1 fully saturated rings. The van der Waals surface area contributed by atoms with Crippen molar-refractivity contribution in [3.05, 3.63) is 23.9 Å². The molecule has 0 N–H and O–H groups in total. The Balaban J connectivity index is 2.39. The highest BCUT2D eigenvalue weighted by molar-refractivity contribution is 5.09. The highest BCUT2D eigenvalue weighted by Crippen LogP contribution is 2.06. The van der Waals surface area contributed by atoms with Crippen molar-refractivity contribution in [1.29, 1.82) is 0 Å². The SMILES string of the molecule is CC/C=C\C=C(/C)N1CCOCC1. The van der Waals surface area contributed by atoms with Crippen LogP contribution in [0.25, 0.3) is 0 Å². The van der Waals surface area contributed by atoms with Crippen molar-refractivity contribution in [2.75, 3.05) is 26.3 Å². The molecule has 1 saturated heterocycles. The topological polar surface area (TPSA) is 12.5 Å². The van der Waals surface area contributed by atoms with E-state index in [4.69, 9.17) is 4.74 Å². The summed E-state index contributed by atoms with van der Waals surface area (Å²) >= 11 is 0. The van der Waals surface area contributed by atoms with Crippen LogP contribution in [0.3, 0.4) is 0 Å².